The first kappa shape index (κ1) is 11.6. The first-order chi connectivity index (χ1) is 5.71. The fourth-order valence-corrected chi connectivity index (χ4v) is 0.781. The van der Waals surface area contributed by atoms with Crippen LogP contribution >= 0.6 is 0 Å². The third kappa shape index (κ3) is 2.27. The van der Waals surface area contributed by atoms with E-state index in [1.165, 1.54) is 20.8 Å². The van der Waals surface area contributed by atoms with Gasteiger partial charge in [-0.15, -0.1) is 0 Å². The molecule has 0 aromatic rings. The quantitative estimate of drug-likeness (QED) is 0.622. The number of carbonyl (C=O) groups excluding carboxylic acids is 1. The highest BCUT2D eigenvalue weighted by Gasteiger charge is 2.41. The summed E-state index contributed by atoms with van der Waals surface area (Å²) < 4.78 is 0. The van der Waals surface area contributed by atoms with Gasteiger partial charge in [-0.05, 0) is 0 Å². The Morgan fingerprint density at radius 1 is 1.15 bits per heavy atom. The zero-order valence-corrected chi connectivity index (χ0v) is 7.70. The van der Waals surface area contributed by atoms with E-state index in [0.29, 0.717) is 0 Å². The Bertz CT molecular complexity index is 253. The largest absolute Gasteiger partial charge is 0.481 e. The minimum atomic E-state index is -1.60. The maximum Gasteiger partial charge on any atom is 0.372 e. The Balaban J connectivity index is 4.85. The van der Waals surface area contributed by atoms with E-state index in [0.717, 1.165) is 0 Å². The Morgan fingerprint density at radius 2 is 1.54 bits per heavy atom. The van der Waals surface area contributed by atoms with E-state index in [9.17, 15) is 14.4 Å². The van der Waals surface area contributed by atoms with Gasteiger partial charge >= 0.3 is 11.9 Å². The average Bonchev–Trinajstić information content (AvgIpc) is 2.01. The molecule has 0 radical (unpaired) electrons. The van der Waals surface area contributed by atoms with Crippen LogP contribution < -0.4 is 0 Å². The first-order valence-corrected chi connectivity index (χ1v) is 3.71. The third-order valence-electron chi connectivity index (χ3n) is 2.23. The van der Waals surface area contributed by atoms with Crippen LogP contribution in [0, 0.1) is 11.3 Å². The van der Waals surface area contributed by atoms with Crippen LogP contribution in [0.2, 0.25) is 0 Å². The van der Waals surface area contributed by atoms with Gasteiger partial charge in [0.1, 0.15) is 0 Å². The molecule has 0 aliphatic rings. The van der Waals surface area contributed by atoms with E-state index >= 15 is 0 Å². The zero-order chi connectivity index (χ0) is 10.8. The molecular weight excluding hydrogens is 176 g/mol. The van der Waals surface area contributed by atoms with Crippen LogP contribution in [0.1, 0.15) is 20.8 Å². The van der Waals surface area contributed by atoms with Crippen molar-refractivity contribution in [3.8, 4) is 0 Å². The summed E-state index contributed by atoms with van der Waals surface area (Å²) in [7, 11) is 0. The maximum absolute atomic E-state index is 11.0. The minimum absolute atomic E-state index is 1.02. The van der Waals surface area contributed by atoms with Gasteiger partial charge in [0.2, 0.25) is 5.78 Å². The predicted octanol–water partition coefficient (Wildman–Crippen LogP) is 0.387. The van der Waals surface area contributed by atoms with E-state index in [4.69, 9.17) is 10.2 Å². The molecule has 5 heteroatoms. The smallest absolute Gasteiger partial charge is 0.372 e. The molecule has 1 unspecified atom stereocenters. The number of carbonyl (C=O) groups is 3. The zero-order valence-electron chi connectivity index (χ0n) is 7.70. The van der Waals surface area contributed by atoms with Crippen molar-refractivity contribution in [3.05, 3.63) is 0 Å². The van der Waals surface area contributed by atoms with Crippen LogP contribution in [-0.2, 0) is 14.4 Å². The number of hydrogen-bond acceptors (Lipinski definition) is 3. The molecule has 2 N–H and O–H groups in total. The second-order valence-corrected chi connectivity index (χ2v) is 3.42. The summed E-state index contributed by atoms with van der Waals surface area (Å²) in [5.41, 5.74) is -1.38. The van der Waals surface area contributed by atoms with Gasteiger partial charge in [0.05, 0.1) is 5.92 Å². The van der Waals surface area contributed by atoms with Gasteiger partial charge in [-0.25, -0.2) is 4.79 Å². The molecule has 5 nitrogen and oxygen atoms in total. The molecule has 13 heavy (non-hydrogen) atoms. The number of carboxylic acid groups (broad SMARTS) is 2. The van der Waals surface area contributed by atoms with Crippen LogP contribution in [0.5, 0.6) is 0 Å². The van der Waals surface area contributed by atoms with Crippen molar-refractivity contribution in [3.63, 3.8) is 0 Å². The molecule has 0 heterocycles. The molecule has 0 aliphatic carbocycles. The molecule has 0 aromatic carbocycles. The fraction of sp³-hybridized carbons (Fsp3) is 0.625. The number of ketones is 1. The van der Waals surface area contributed by atoms with Gasteiger partial charge in [-0.3, -0.25) is 9.59 Å². The van der Waals surface area contributed by atoms with Gasteiger partial charge in [0, 0.05) is 5.41 Å². The van der Waals surface area contributed by atoms with Crippen LogP contribution in [0.3, 0.4) is 0 Å². The van der Waals surface area contributed by atoms with Crippen LogP contribution in [0.4, 0.5) is 0 Å². The second kappa shape index (κ2) is 3.55. The molecule has 0 fully saturated rings. The lowest BCUT2D eigenvalue weighted by Crippen LogP contribution is -2.39. The summed E-state index contributed by atoms with van der Waals surface area (Å²) in [6, 6.07) is 0. The van der Waals surface area contributed by atoms with Crippen LogP contribution in [0.15, 0.2) is 0 Å². The van der Waals surface area contributed by atoms with Crippen molar-refractivity contribution in [1.82, 2.24) is 0 Å². The van der Waals surface area contributed by atoms with Gasteiger partial charge in [-0.2, -0.15) is 0 Å². The van der Waals surface area contributed by atoms with Crippen LogP contribution in [-0.4, -0.2) is 27.9 Å². The molecule has 0 aliphatic heterocycles. The van der Waals surface area contributed by atoms with Gasteiger partial charge in [-0.1, -0.05) is 20.8 Å². The molecule has 0 bridgehead atoms. The maximum atomic E-state index is 11.0. The number of Topliss-reactive ketones (excluding diaryl/α,β-unsaturated/α-hetero) is 1. The SMILES string of the molecule is CC(C(=O)O)C(C)(C)C(=O)C(=O)O. The molecule has 1 atom stereocenters. The molecule has 0 spiro atoms. The van der Waals surface area contributed by atoms with Crippen molar-refractivity contribution >= 4 is 17.7 Å². The predicted molar refractivity (Wildman–Crippen MR) is 43.2 cm³/mol. The fourth-order valence-electron chi connectivity index (χ4n) is 0.781. The molecule has 0 saturated carbocycles. The molecule has 0 aromatic heterocycles. The Morgan fingerprint density at radius 3 is 1.77 bits per heavy atom. The summed E-state index contributed by atoms with van der Waals surface area (Å²) in [5, 5.41) is 17.0. The Labute approximate surface area is 75.4 Å². The Hall–Kier alpha value is -1.39. The monoisotopic (exact) mass is 188 g/mol. The van der Waals surface area contributed by atoms with Gasteiger partial charge in [0.15, 0.2) is 0 Å². The summed E-state index contributed by atoms with van der Waals surface area (Å²) >= 11 is 0. The molecule has 0 amide bonds. The van der Waals surface area contributed by atoms with E-state index in [2.05, 4.69) is 0 Å². The standard InChI is InChI=1S/C8H12O5/c1-4(6(10)11)8(2,3)5(9)7(12)13/h4H,1-3H3,(H,10,11)(H,12,13). The summed E-state index contributed by atoms with van der Waals surface area (Å²) in [6.07, 6.45) is 0. The average molecular weight is 188 g/mol. The van der Waals surface area contributed by atoms with Gasteiger partial charge < -0.3 is 10.2 Å². The molecule has 0 rings (SSSR count). The molecule has 74 valence electrons. The van der Waals surface area contributed by atoms with Crippen LogP contribution in [0.25, 0.3) is 0 Å². The summed E-state index contributed by atoms with van der Waals surface area (Å²) in [4.78, 5) is 31.9. The minimum Gasteiger partial charge on any atom is -0.481 e. The van der Waals surface area contributed by atoms with E-state index in [-0.39, 0.29) is 0 Å². The highest BCUT2D eigenvalue weighted by molar-refractivity contribution is 6.35. The van der Waals surface area contributed by atoms with E-state index in [1.807, 2.05) is 0 Å². The highest BCUT2D eigenvalue weighted by Crippen LogP contribution is 2.27. The topological polar surface area (TPSA) is 91.7 Å². The second-order valence-electron chi connectivity index (χ2n) is 3.42. The van der Waals surface area contributed by atoms with Crippen molar-refractivity contribution in [2.75, 3.05) is 0 Å². The third-order valence-corrected chi connectivity index (χ3v) is 2.23. The van der Waals surface area contributed by atoms with Crippen molar-refractivity contribution < 1.29 is 24.6 Å². The Kier molecular flexibility index (Phi) is 3.17. The lowest BCUT2D eigenvalue weighted by atomic mass is 9.76. The van der Waals surface area contributed by atoms with Crippen molar-refractivity contribution in [2.45, 2.75) is 20.8 Å². The number of rotatable bonds is 4. The number of aliphatic carboxylic acids is 2. The van der Waals surface area contributed by atoms with E-state index < -0.39 is 29.1 Å². The molecular formula is C8H12O5. The summed E-state index contributed by atoms with van der Waals surface area (Å²) in [5.74, 6) is -4.88. The highest BCUT2D eigenvalue weighted by atomic mass is 16.4. The van der Waals surface area contributed by atoms with Gasteiger partial charge in [0.25, 0.3) is 0 Å². The molecule has 0 saturated heterocycles. The lowest BCUT2D eigenvalue weighted by molar-refractivity contribution is -0.158. The van der Waals surface area contributed by atoms with E-state index in [1.54, 1.807) is 0 Å². The number of hydrogen-bond donors (Lipinski definition) is 2. The number of carboxylic acids is 2. The summed E-state index contributed by atoms with van der Waals surface area (Å²) in [6.45, 7) is 3.92. The first-order valence-electron chi connectivity index (χ1n) is 3.71. The lowest BCUT2D eigenvalue weighted by Gasteiger charge is -2.24. The van der Waals surface area contributed by atoms with Crippen molar-refractivity contribution in [1.29, 1.82) is 0 Å². The normalized spacial score (nSPS) is 13.5. The van der Waals surface area contributed by atoms with Crippen molar-refractivity contribution in [2.24, 2.45) is 11.3 Å².